The van der Waals surface area contributed by atoms with Gasteiger partial charge in [0.2, 0.25) is 0 Å². The van der Waals surface area contributed by atoms with Gasteiger partial charge >= 0.3 is 10.1 Å². The largest absolute Gasteiger partial charge is 0.497 e. The van der Waals surface area contributed by atoms with E-state index in [0.717, 1.165) is 11.8 Å². The Balaban J connectivity index is 2.31. The first-order valence-electron chi connectivity index (χ1n) is 8.65. The van der Waals surface area contributed by atoms with E-state index in [1.54, 1.807) is 41.3 Å². The predicted molar refractivity (Wildman–Crippen MR) is 106 cm³/mol. The van der Waals surface area contributed by atoms with Crippen LogP contribution < -0.4 is 13.7 Å². The predicted octanol–water partition coefficient (Wildman–Crippen LogP) is 3.09. The molecule has 0 aliphatic carbocycles. The summed E-state index contributed by atoms with van der Waals surface area (Å²) in [6.07, 6.45) is 0.986. The van der Waals surface area contributed by atoms with Crippen LogP contribution >= 0.6 is 0 Å². The number of rotatable bonds is 8. The van der Waals surface area contributed by atoms with Gasteiger partial charge in [0, 0.05) is 24.2 Å². The van der Waals surface area contributed by atoms with Crippen LogP contribution in [0.2, 0.25) is 0 Å². The molecule has 0 fully saturated rings. The molecule has 0 atom stereocenters. The summed E-state index contributed by atoms with van der Waals surface area (Å²) in [6.45, 7) is 4.11. The lowest BCUT2D eigenvalue weighted by Gasteiger charge is -2.27. The highest BCUT2D eigenvalue weighted by Crippen LogP contribution is 2.25. The Morgan fingerprint density at radius 3 is 2.11 bits per heavy atom. The quantitative estimate of drug-likeness (QED) is 0.626. The third-order valence-corrected chi connectivity index (χ3v) is 4.48. The summed E-state index contributed by atoms with van der Waals surface area (Å²) in [5, 5.41) is 0. The standard InChI is InChI=1S/C20H25NO6S/c1-14(2)21(13-15-7-6-8-17(9-15)27-28(5,23)24)20(22)16-10-18(25-3)12-19(11-16)26-4/h6-12,14H,13H2,1-5H3. The Labute approximate surface area is 166 Å². The molecule has 2 rings (SSSR count). The monoisotopic (exact) mass is 407 g/mol. The summed E-state index contributed by atoms with van der Waals surface area (Å²) in [7, 11) is -0.573. The fraction of sp³-hybridized carbons (Fsp3) is 0.350. The first-order chi connectivity index (χ1) is 13.1. The third-order valence-electron chi connectivity index (χ3n) is 3.98. The number of nitrogens with zero attached hydrogens (tertiary/aromatic N) is 1. The number of hydrogen-bond donors (Lipinski definition) is 0. The van der Waals surface area contributed by atoms with E-state index >= 15 is 0 Å². The zero-order chi connectivity index (χ0) is 20.9. The first-order valence-corrected chi connectivity index (χ1v) is 10.5. The smallest absolute Gasteiger partial charge is 0.306 e. The number of methoxy groups -OCH3 is 2. The summed E-state index contributed by atoms with van der Waals surface area (Å²) >= 11 is 0. The number of benzene rings is 2. The van der Waals surface area contributed by atoms with E-state index in [0.29, 0.717) is 17.1 Å². The molecule has 2 aromatic carbocycles. The van der Waals surface area contributed by atoms with Crippen molar-refractivity contribution in [3.63, 3.8) is 0 Å². The summed E-state index contributed by atoms with van der Waals surface area (Å²) in [4.78, 5) is 14.8. The van der Waals surface area contributed by atoms with Crippen molar-refractivity contribution in [2.45, 2.75) is 26.4 Å². The number of ether oxygens (including phenoxy) is 2. The summed E-state index contributed by atoms with van der Waals surface area (Å²) < 4.78 is 38.1. The van der Waals surface area contributed by atoms with Gasteiger partial charge in [-0.1, -0.05) is 12.1 Å². The van der Waals surface area contributed by atoms with Crippen LogP contribution in [0.4, 0.5) is 0 Å². The molecule has 28 heavy (non-hydrogen) atoms. The molecular formula is C20H25NO6S. The lowest BCUT2D eigenvalue weighted by Crippen LogP contribution is -2.36. The van der Waals surface area contributed by atoms with Gasteiger partial charge in [0.1, 0.15) is 17.2 Å². The zero-order valence-electron chi connectivity index (χ0n) is 16.6. The van der Waals surface area contributed by atoms with Crippen LogP contribution in [0.1, 0.15) is 29.8 Å². The molecule has 0 spiro atoms. The van der Waals surface area contributed by atoms with Crippen molar-refractivity contribution in [3.05, 3.63) is 53.6 Å². The Kier molecular flexibility index (Phi) is 6.90. The average Bonchev–Trinajstić information content (AvgIpc) is 2.63. The highest BCUT2D eigenvalue weighted by Gasteiger charge is 2.21. The summed E-state index contributed by atoms with van der Waals surface area (Å²) in [5.41, 5.74) is 1.19. The van der Waals surface area contributed by atoms with Gasteiger partial charge in [0.15, 0.2) is 0 Å². The minimum atomic E-state index is -3.62. The number of amides is 1. The molecule has 0 saturated heterocycles. The molecule has 8 heteroatoms. The Hall–Kier alpha value is -2.74. The minimum absolute atomic E-state index is 0.0934. The van der Waals surface area contributed by atoms with Gasteiger partial charge in [-0.15, -0.1) is 0 Å². The molecule has 2 aromatic rings. The van der Waals surface area contributed by atoms with E-state index in [9.17, 15) is 13.2 Å². The van der Waals surface area contributed by atoms with Crippen molar-refractivity contribution in [2.75, 3.05) is 20.5 Å². The van der Waals surface area contributed by atoms with Crippen molar-refractivity contribution in [2.24, 2.45) is 0 Å². The first kappa shape index (κ1) is 21.6. The van der Waals surface area contributed by atoms with Crippen LogP contribution in [0.5, 0.6) is 17.2 Å². The molecule has 0 aliphatic heterocycles. The van der Waals surface area contributed by atoms with Gasteiger partial charge < -0.3 is 18.6 Å². The van der Waals surface area contributed by atoms with Crippen molar-refractivity contribution in [1.29, 1.82) is 0 Å². The Bertz CT molecular complexity index is 917. The zero-order valence-corrected chi connectivity index (χ0v) is 17.4. The fourth-order valence-corrected chi connectivity index (χ4v) is 3.11. The molecule has 0 aliphatic rings. The van der Waals surface area contributed by atoms with Crippen LogP contribution in [0.25, 0.3) is 0 Å². The average molecular weight is 407 g/mol. The Morgan fingerprint density at radius 1 is 1.00 bits per heavy atom. The van der Waals surface area contributed by atoms with Gasteiger partial charge in [-0.3, -0.25) is 4.79 Å². The van der Waals surface area contributed by atoms with Crippen molar-refractivity contribution >= 4 is 16.0 Å². The Morgan fingerprint density at radius 2 is 1.61 bits per heavy atom. The topological polar surface area (TPSA) is 82.1 Å². The van der Waals surface area contributed by atoms with Crippen LogP contribution in [0.15, 0.2) is 42.5 Å². The van der Waals surface area contributed by atoms with Gasteiger partial charge in [0.25, 0.3) is 5.91 Å². The molecule has 0 N–H and O–H groups in total. The van der Waals surface area contributed by atoms with Crippen LogP contribution in [0, 0.1) is 0 Å². The molecular weight excluding hydrogens is 382 g/mol. The van der Waals surface area contributed by atoms with Crippen molar-refractivity contribution < 1.29 is 26.9 Å². The van der Waals surface area contributed by atoms with E-state index in [4.69, 9.17) is 13.7 Å². The minimum Gasteiger partial charge on any atom is -0.497 e. The highest BCUT2D eigenvalue weighted by atomic mass is 32.2. The maximum absolute atomic E-state index is 13.1. The molecule has 0 radical (unpaired) electrons. The van der Waals surface area contributed by atoms with Crippen LogP contribution in [-0.4, -0.2) is 45.7 Å². The van der Waals surface area contributed by atoms with E-state index < -0.39 is 10.1 Å². The van der Waals surface area contributed by atoms with E-state index in [-0.39, 0.29) is 24.2 Å². The van der Waals surface area contributed by atoms with E-state index in [2.05, 4.69) is 0 Å². The number of hydrogen-bond acceptors (Lipinski definition) is 6. The van der Waals surface area contributed by atoms with Crippen LogP contribution in [-0.2, 0) is 16.7 Å². The highest BCUT2D eigenvalue weighted by molar-refractivity contribution is 7.86. The van der Waals surface area contributed by atoms with Crippen molar-refractivity contribution in [3.8, 4) is 17.2 Å². The van der Waals surface area contributed by atoms with E-state index in [1.165, 1.54) is 14.2 Å². The van der Waals surface area contributed by atoms with Crippen molar-refractivity contribution in [1.82, 2.24) is 4.90 Å². The molecule has 1 amide bonds. The second kappa shape index (κ2) is 8.97. The molecule has 7 nitrogen and oxygen atoms in total. The maximum Gasteiger partial charge on any atom is 0.306 e. The maximum atomic E-state index is 13.1. The lowest BCUT2D eigenvalue weighted by atomic mass is 10.1. The van der Waals surface area contributed by atoms with Crippen LogP contribution in [0.3, 0.4) is 0 Å². The third kappa shape index (κ3) is 5.88. The summed E-state index contributed by atoms with van der Waals surface area (Å²) in [5.74, 6) is 1.06. The number of carbonyl (C=O) groups excluding carboxylic acids is 1. The molecule has 0 heterocycles. The lowest BCUT2D eigenvalue weighted by molar-refractivity contribution is 0.0689. The SMILES string of the molecule is COc1cc(OC)cc(C(=O)N(Cc2cccc(OS(C)(=O)=O)c2)C(C)C)c1. The molecule has 0 bridgehead atoms. The van der Waals surface area contributed by atoms with Gasteiger partial charge in [0.05, 0.1) is 20.5 Å². The van der Waals surface area contributed by atoms with Gasteiger partial charge in [-0.2, -0.15) is 8.42 Å². The van der Waals surface area contributed by atoms with Gasteiger partial charge in [-0.25, -0.2) is 0 Å². The molecule has 152 valence electrons. The normalized spacial score (nSPS) is 11.2. The molecule has 0 saturated carbocycles. The molecule has 0 unspecified atom stereocenters. The second-order valence-corrected chi connectivity index (χ2v) is 8.14. The number of carbonyl (C=O) groups is 1. The van der Waals surface area contributed by atoms with Gasteiger partial charge in [-0.05, 0) is 43.7 Å². The molecule has 0 aromatic heterocycles. The summed E-state index contributed by atoms with van der Waals surface area (Å²) in [6, 6.07) is 11.6. The fourth-order valence-electron chi connectivity index (χ4n) is 2.65. The van der Waals surface area contributed by atoms with E-state index in [1.807, 2.05) is 19.9 Å². The second-order valence-electron chi connectivity index (χ2n) is 6.56.